The van der Waals surface area contributed by atoms with Crippen molar-refractivity contribution in [1.29, 1.82) is 0 Å². The number of aromatic nitrogens is 5. The lowest BCUT2D eigenvalue weighted by atomic mass is 10.2. The second-order valence-corrected chi connectivity index (χ2v) is 4.91. The largest absolute Gasteiger partial charge is 0.476 e. The van der Waals surface area contributed by atoms with Crippen LogP contribution in [-0.4, -0.2) is 35.5 Å². The maximum atomic E-state index is 11.1. The molecule has 3 heterocycles. The molecule has 0 unspecified atom stereocenters. The molecule has 3 aromatic heterocycles. The van der Waals surface area contributed by atoms with Crippen LogP contribution in [-0.2, 0) is 13.0 Å². The Kier molecular flexibility index (Phi) is 3.17. The summed E-state index contributed by atoms with van der Waals surface area (Å²) >= 11 is 0. The van der Waals surface area contributed by atoms with Gasteiger partial charge in [0.1, 0.15) is 5.65 Å². The van der Waals surface area contributed by atoms with Gasteiger partial charge in [0.25, 0.3) is 0 Å². The van der Waals surface area contributed by atoms with E-state index in [1.54, 1.807) is 4.68 Å². The minimum Gasteiger partial charge on any atom is -0.476 e. The summed E-state index contributed by atoms with van der Waals surface area (Å²) in [6, 6.07) is 3.95. The molecule has 7 nitrogen and oxygen atoms in total. The third-order valence-electron chi connectivity index (χ3n) is 3.34. The molecule has 21 heavy (non-hydrogen) atoms. The first-order valence-corrected chi connectivity index (χ1v) is 6.68. The van der Waals surface area contributed by atoms with Crippen LogP contribution in [0.3, 0.4) is 0 Å². The highest BCUT2D eigenvalue weighted by atomic mass is 16.4. The van der Waals surface area contributed by atoms with Gasteiger partial charge in [-0.15, -0.1) is 5.10 Å². The lowest BCUT2D eigenvalue weighted by Crippen LogP contribution is -2.08. The molecule has 0 amide bonds. The molecule has 0 saturated carbocycles. The average Bonchev–Trinajstić information content (AvgIpc) is 3.01. The molecule has 7 heteroatoms. The van der Waals surface area contributed by atoms with E-state index in [1.165, 1.54) is 0 Å². The summed E-state index contributed by atoms with van der Waals surface area (Å²) in [5.74, 6) is -1.05. The number of fused-ring (bicyclic) bond motifs is 1. The van der Waals surface area contributed by atoms with Gasteiger partial charge in [-0.3, -0.25) is 0 Å². The quantitative estimate of drug-likeness (QED) is 0.786. The van der Waals surface area contributed by atoms with Crippen molar-refractivity contribution < 1.29 is 9.90 Å². The second kappa shape index (κ2) is 5.01. The fourth-order valence-electron chi connectivity index (χ4n) is 2.36. The highest BCUT2D eigenvalue weighted by Gasteiger charge is 2.18. The number of aryl methyl sites for hydroxylation is 1. The van der Waals surface area contributed by atoms with Crippen LogP contribution in [0.25, 0.3) is 5.65 Å². The molecule has 0 bridgehead atoms. The molecule has 0 fully saturated rings. The summed E-state index contributed by atoms with van der Waals surface area (Å²) in [7, 11) is 0. The number of aromatic carboxylic acids is 1. The minimum absolute atomic E-state index is 0.0112. The first kappa shape index (κ1) is 13.3. The number of hydrogen-bond acceptors (Lipinski definition) is 4. The Morgan fingerprint density at radius 3 is 2.86 bits per heavy atom. The fraction of sp³-hybridized carbons (Fsp3) is 0.286. The van der Waals surface area contributed by atoms with Gasteiger partial charge in [-0.05, 0) is 25.0 Å². The van der Waals surface area contributed by atoms with E-state index < -0.39 is 5.97 Å². The van der Waals surface area contributed by atoms with E-state index >= 15 is 0 Å². The third-order valence-corrected chi connectivity index (χ3v) is 3.34. The lowest BCUT2D eigenvalue weighted by Gasteiger charge is -2.02. The smallest absolute Gasteiger partial charge is 0.358 e. The van der Waals surface area contributed by atoms with Gasteiger partial charge in [-0.25, -0.2) is 14.5 Å². The molecular weight excluding hydrogens is 270 g/mol. The monoisotopic (exact) mass is 285 g/mol. The Morgan fingerprint density at radius 1 is 1.33 bits per heavy atom. The van der Waals surface area contributed by atoms with Gasteiger partial charge in [0, 0.05) is 12.4 Å². The molecule has 0 spiro atoms. The zero-order chi connectivity index (χ0) is 15.0. The summed E-state index contributed by atoms with van der Waals surface area (Å²) in [6.07, 6.45) is 4.47. The molecule has 108 valence electrons. The Bertz CT molecular complexity index is 818. The number of carboxylic acid groups (broad SMARTS) is 1. The van der Waals surface area contributed by atoms with E-state index in [4.69, 9.17) is 5.11 Å². The third kappa shape index (κ3) is 2.37. The molecule has 3 rings (SSSR count). The van der Waals surface area contributed by atoms with Crippen LogP contribution in [0.4, 0.5) is 0 Å². The molecule has 1 N–H and O–H groups in total. The van der Waals surface area contributed by atoms with Crippen molar-refractivity contribution in [3.63, 3.8) is 0 Å². The van der Waals surface area contributed by atoms with Crippen molar-refractivity contribution in [2.75, 3.05) is 0 Å². The number of nitrogens with zero attached hydrogens (tertiary/aromatic N) is 5. The predicted molar refractivity (Wildman–Crippen MR) is 75.4 cm³/mol. The molecule has 0 aliphatic heterocycles. The van der Waals surface area contributed by atoms with Crippen LogP contribution in [0.5, 0.6) is 0 Å². The molecule has 0 radical (unpaired) electrons. The zero-order valence-corrected chi connectivity index (χ0v) is 11.8. The van der Waals surface area contributed by atoms with Gasteiger partial charge in [0.15, 0.2) is 5.69 Å². The van der Waals surface area contributed by atoms with E-state index in [1.807, 2.05) is 42.8 Å². The van der Waals surface area contributed by atoms with Crippen LogP contribution in [0.2, 0.25) is 0 Å². The summed E-state index contributed by atoms with van der Waals surface area (Å²) < 4.78 is 3.55. The SMILES string of the molecule is CCc1c(C(=O)O)nnn1Cc1cn2cc(C)ccc2n1. The topological polar surface area (TPSA) is 85.3 Å². The fourth-order valence-corrected chi connectivity index (χ4v) is 2.36. The second-order valence-electron chi connectivity index (χ2n) is 4.91. The van der Waals surface area contributed by atoms with Gasteiger partial charge in [-0.2, -0.15) is 0 Å². The van der Waals surface area contributed by atoms with Crippen molar-refractivity contribution in [1.82, 2.24) is 24.4 Å². The molecule has 0 saturated heterocycles. The molecule has 3 aromatic rings. The van der Waals surface area contributed by atoms with Crippen molar-refractivity contribution in [3.8, 4) is 0 Å². The number of carbonyl (C=O) groups is 1. The molecular formula is C14H15N5O2. The summed E-state index contributed by atoms with van der Waals surface area (Å²) in [4.78, 5) is 15.6. The van der Waals surface area contributed by atoms with Crippen LogP contribution < -0.4 is 0 Å². The zero-order valence-electron chi connectivity index (χ0n) is 11.8. The maximum Gasteiger partial charge on any atom is 0.358 e. The van der Waals surface area contributed by atoms with Crippen molar-refractivity contribution in [2.45, 2.75) is 26.8 Å². The molecule has 0 aliphatic rings. The molecule has 0 atom stereocenters. The van der Waals surface area contributed by atoms with E-state index in [0.29, 0.717) is 18.7 Å². The van der Waals surface area contributed by atoms with Crippen molar-refractivity contribution >= 4 is 11.6 Å². The van der Waals surface area contributed by atoms with Crippen LogP contribution in [0, 0.1) is 6.92 Å². The highest BCUT2D eigenvalue weighted by Crippen LogP contribution is 2.11. The van der Waals surface area contributed by atoms with Gasteiger partial charge in [-0.1, -0.05) is 18.2 Å². The number of rotatable bonds is 4. The lowest BCUT2D eigenvalue weighted by molar-refractivity contribution is 0.0689. The van der Waals surface area contributed by atoms with Crippen LogP contribution >= 0.6 is 0 Å². The first-order chi connectivity index (χ1) is 10.1. The van der Waals surface area contributed by atoms with Gasteiger partial charge < -0.3 is 9.51 Å². The van der Waals surface area contributed by atoms with E-state index in [0.717, 1.165) is 16.9 Å². The van der Waals surface area contributed by atoms with Gasteiger partial charge >= 0.3 is 5.97 Å². The Labute approximate surface area is 120 Å². The maximum absolute atomic E-state index is 11.1. The Morgan fingerprint density at radius 2 is 2.14 bits per heavy atom. The summed E-state index contributed by atoms with van der Waals surface area (Å²) in [5, 5.41) is 16.7. The van der Waals surface area contributed by atoms with Gasteiger partial charge in [0.05, 0.1) is 17.9 Å². The Balaban J connectivity index is 1.96. The summed E-state index contributed by atoms with van der Waals surface area (Å²) in [6.45, 7) is 4.31. The van der Waals surface area contributed by atoms with Crippen LogP contribution in [0.1, 0.15) is 34.4 Å². The Hall–Kier alpha value is -2.70. The minimum atomic E-state index is -1.05. The molecule has 0 aromatic carbocycles. The van der Waals surface area contributed by atoms with Gasteiger partial charge in [0.2, 0.25) is 0 Å². The van der Waals surface area contributed by atoms with E-state index in [-0.39, 0.29) is 5.69 Å². The summed E-state index contributed by atoms with van der Waals surface area (Å²) in [5.41, 5.74) is 3.44. The highest BCUT2D eigenvalue weighted by molar-refractivity contribution is 5.86. The normalized spacial score (nSPS) is 11.1. The van der Waals surface area contributed by atoms with Crippen molar-refractivity contribution in [3.05, 3.63) is 47.2 Å². The first-order valence-electron chi connectivity index (χ1n) is 6.68. The number of imidazole rings is 1. The molecule has 0 aliphatic carbocycles. The van der Waals surface area contributed by atoms with E-state index in [2.05, 4.69) is 15.3 Å². The van der Waals surface area contributed by atoms with E-state index in [9.17, 15) is 4.79 Å². The predicted octanol–water partition coefficient (Wildman–Crippen LogP) is 1.54. The van der Waals surface area contributed by atoms with Crippen molar-refractivity contribution in [2.24, 2.45) is 0 Å². The van der Waals surface area contributed by atoms with Crippen LogP contribution in [0.15, 0.2) is 24.5 Å². The number of carboxylic acids is 1. The standard InChI is InChI=1S/C14H15N5O2/c1-3-11-13(14(20)21)16-17-19(11)8-10-7-18-6-9(2)4-5-12(18)15-10/h4-7H,3,8H2,1-2H3,(H,20,21). The average molecular weight is 285 g/mol. The number of pyridine rings is 1. The number of hydrogen-bond donors (Lipinski definition) is 1.